The molecule has 0 rings (SSSR count). The van der Waals surface area contributed by atoms with Crippen molar-refractivity contribution in [3.05, 3.63) is 0 Å². The Morgan fingerprint density at radius 1 is 1.04 bits per heavy atom. The van der Waals surface area contributed by atoms with Crippen LogP contribution in [0.1, 0.15) is 47.5 Å². The minimum atomic E-state index is -3.02. The highest BCUT2D eigenvalue weighted by molar-refractivity contribution is 6.61. The van der Waals surface area contributed by atoms with Crippen LogP contribution in [0.2, 0.25) is 0 Å². The quantitative estimate of drug-likeness (QED) is 0.351. The zero-order valence-electron chi connectivity index (χ0n) is 15.3. The Labute approximate surface area is 145 Å². The van der Waals surface area contributed by atoms with E-state index < -0.39 is 26.8 Å². The van der Waals surface area contributed by atoms with Crippen LogP contribution in [-0.2, 0) is 27.6 Å². The van der Waals surface area contributed by atoms with Crippen molar-refractivity contribution in [2.24, 2.45) is 0 Å². The minimum Gasteiger partial charge on any atom is -0.481 e. The third-order valence-corrected chi connectivity index (χ3v) is 6.04. The zero-order chi connectivity index (χ0) is 18.6. The molecule has 2 unspecified atom stereocenters. The summed E-state index contributed by atoms with van der Waals surface area (Å²) < 4.78 is 22.3. The maximum absolute atomic E-state index is 12.2. The van der Waals surface area contributed by atoms with E-state index in [0.29, 0.717) is 26.2 Å². The number of hydrogen-bond acceptors (Lipinski definition) is 7. The lowest BCUT2D eigenvalue weighted by molar-refractivity contribution is -0.154. The largest absolute Gasteiger partial charge is 0.515 e. The van der Waals surface area contributed by atoms with Crippen molar-refractivity contribution in [1.29, 1.82) is 0 Å². The second kappa shape index (κ2) is 12.4. The fourth-order valence-electron chi connectivity index (χ4n) is 1.96. The minimum absolute atomic E-state index is 0.135. The van der Waals surface area contributed by atoms with E-state index >= 15 is 0 Å². The molecule has 0 aliphatic rings. The molecular formula is C15H31NO7Si. The average molecular weight is 365 g/mol. The van der Waals surface area contributed by atoms with E-state index in [2.05, 4.69) is 5.32 Å². The van der Waals surface area contributed by atoms with Crippen LogP contribution < -0.4 is 5.32 Å². The summed E-state index contributed by atoms with van der Waals surface area (Å²) in [6, 6.07) is -0.982. The van der Waals surface area contributed by atoms with Crippen LogP contribution in [0.5, 0.6) is 0 Å². The molecule has 8 nitrogen and oxygen atoms in total. The van der Waals surface area contributed by atoms with Crippen molar-refractivity contribution >= 4 is 20.7 Å². The van der Waals surface area contributed by atoms with Gasteiger partial charge in [0.25, 0.3) is 0 Å². The lowest BCUT2D eigenvalue weighted by atomic mass is 10.2. The molecule has 0 amide bonds. The lowest BCUT2D eigenvalue weighted by Gasteiger charge is -2.30. The number of nitrogens with one attached hydrogen (secondary N) is 1. The predicted molar refractivity (Wildman–Crippen MR) is 90.5 cm³/mol. The molecule has 0 saturated heterocycles. The van der Waals surface area contributed by atoms with Gasteiger partial charge in [-0.1, -0.05) is 6.92 Å². The highest BCUT2D eigenvalue weighted by Gasteiger charge is 2.42. The number of rotatable bonds is 14. The molecule has 0 aliphatic heterocycles. The molecule has 0 radical (unpaired) electrons. The van der Waals surface area contributed by atoms with Crippen LogP contribution in [0.3, 0.4) is 0 Å². The van der Waals surface area contributed by atoms with Gasteiger partial charge < -0.3 is 23.1 Å². The third-order valence-electron chi connectivity index (χ3n) is 3.21. The molecule has 24 heavy (non-hydrogen) atoms. The summed E-state index contributed by atoms with van der Waals surface area (Å²) >= 11 is 0. The SMILES string of the molecule is CCO[Si](CNC(CC(=O)O)C(=O)OC(C)CC)(OCC)OCC. The number of carboxylic acid groups (broad SMARTS) is 1. The summed E-state index contributed by atoms with van der Waals surface area (Å²) in [5, 5.41) is 11.9. The molecule has 0 aromatic rings. The number of carbonyl (C=O) groups excluding carboxylic acids is 1. The van der Waals surface area contributed by atoms with Gasteiger partial charge in [-0.3, -0.25) is 14.9 Å². The number of carboxylic acids is 1. The monoisotopic (exact) mass is 365 g/mol. The van der Waals surface area contributed by atoms with Crippen LogP contribution in [-0.4, -0.2) is 64.0 Å². The van der Waals surface area contributed by atoms with Crippen LogP contribution in [0.4, 0.5) is 0 Å². The van der Waals surface area contributed by atoms with E-state index in [1.54, 1.807) is 6.92 Å². The highest BCUT2D eigenvalue weighted by Crippen LogP contribution is 2.11. The topological polar surface area (TPSA) is 103 Å². The molecule has 0 aliphatic carbocycles. The third kappa shape index (κ3) is 8.74. The van der Waals surface area contributed by atoms with Gasteiger partial charge in [0.1, 0.15) is 6.04 Å². The van der Waals surface area contributed by atoms with Crippen molar-refractivity contribution < 1.29 is 32.7 Å². The molecule has 2 atom stereocenters. The van der Waals surface area contributed by atoms with E-state index in [9.17, 15) is 9.59 Å². The van der Waals surface area contributed by atoms with E-state index in [1.807, 2.05) is 27.7 Å². The molecule has 142 valence electrons. The van der Waals surface area contributed by atoms with Crippen LogP contribution in [0, 0.1) is 0 Å². The summed E-state index contributed by atoms with van der Waals surface area (Å²) in [6.07, 6.45) is 0.129. The van der Waals surface area contributed by atoms with Gasteiger partial charge >= 0.3 is 20.7 Å². The fourth-order valence-corrected chi connectivity index (χ4v) is 4.34. The summed E-state index contributed by atoms with van der Waals surface area (Å²) in [5.41, 5.74) is 0. The molecule has 0 heterocycles. The lowest BCUT2D eigenvalue weighted by Crippen LogP contribution is -2.57. The van der Waals surface area contributed by atoms with E-state index in [1.165, 1.54) is 0 Å². The Morgan fingerprint density at radius 2 is 1.54 bits per heavy atom. The molecule has 9 heteroatoms. The molecule has 0 spiro atoms. The first-order valence-electron chi connectivity index (χ1n) is 8.41. The Balaban J connectivity index is 5.02. The maximum Gasteiger partial charge on any atom is 0.515 e. The van der Waals surface area contributed by atoms with Gasteiger partial charge in [0.05, 0.1) is 18.7 Å². The Hall–Kier alpha value is -1.00. The fraction of sp³-hybridized carbons (Fsp3) is 0.867. The van der Waals surface area contributed by atoms with E-state index in [-0.39, 0.29) is 18.7 Å². The number of ether oxygens (including phenoxy) is 1. The van der Waals surface area contributed by atoms with Gasteiger partial charge in [-0.15, -0.1) is 0 Å². The van der Waals surface area contributed by atoms with Gasteiger partial charge in [-0.25, -0.2) is 0 Å². The van der Waals surface area contributed by atoms with Crippen LogP contribution >= 0.6 is 0 Å². The normalized spacial score (nSPS) is 14.2. The van der Waals surface area contributed by atoms with Gasteiger partial charge in [0, 0.05) is 19.8 Å². The smallest absolute Gasteiger partial charge is 0.481 e. The van der Waals surface area contributed by atoms with E-state index in [0.717, 1.165) is 0 Å². The Bertz CT molecular complexity index is 364. The maximum atomic E-state index is 12.2. The van der Waals surface area contributed by atoms with Crippen LogP contribution in [0.25, 0.3) is 0 Å². The Kier molecular flexibility index (Phi) is 11.9. The molecular weight excluding hydrogens is 334 g/mol. The standard InChI is InChI=1S/C15H31NO7Si/c1-6-12(5)23-15(19)13(10-14(17)18)16-11-24(20-7-2,21-8-3)22-9-4/h12-13,16H,6-11H2,1-5H3,(H,17,18). The van der Waals surface area contributed by atoms with Crippen molar-refractivity contribution in [1.82, 2.24) is 5.32 Å². The predicted octanol–water partition coefficient (Wildman–Crippen LogP) is 1.35. The summed E-state index contributed by atoms with van der Waals surface area (Å²) in [7, 11) is -3.02. The summed E-state index contributed by atoms with van der Waals surface area (Å²) in [6.45, 7) is 10.3. The highest BCUT2D eigenvalue weighted by atomic mass is 28.4. The van der Waals surface area contributed by atoms with Crippen molar-refractivity contribution in [3.8, 4) is 0 Å². The van der Waals surface area contributed by atoms with Crippen LogP contribution in [0.15, 0.2) is 0 Å². The van der Waals surface area contributed by atoms with Crippen molar-refractivity contribution in [3.63, 3.8) is 0 Å². The number of carbonyl (C=O) groups is 2. The average Bonchev–Trinajstić information content (AvgIpc) is 2.51. The van der Waals surface area contributed by atoms with Gasteiger partial charge in [0.2, 0.25) is 0 Å². The molecule has 0 saturated carbocycles. The van der Waals surface area contributed by atoms with Crippen molar-refractivity contribution in [2.45, 2.75) is 59.6 Å². The molecule has 2 N–H and O–H groups in total. The first kappa shape index (κ1) is 23.0. The zero-order valence-corrected chi connectivity index (χ0v) is 16.3. The van der Waals surface area contributed by atoms with Crippen molar-refractivity contribution in [2.75, 3.05) is 26.0 Å². The number of esters is 1. The molecule has 0 fully saturated rings. The molecule has 0 aromatic heterocycles. The summed E-state index contributed by atoms with van der Waals surface area (Å²) in [5.74, 6) is -1.69. The first-order valence-corrected chi connectivity index (χ1v) is 10.3. The summed E-state index contributed by atoms with van der Waals surface area (Å²) in [4.78, 5) is 23.2. The Morgan fingerprint density at radius 3 is 1.92 bits per heavy atom. The first-order chi connectivity index (χ1) is 11.3. The number of aliphatic carboxylic acids is 1. The second-order valence-electron chi connectivity index (χ2n) is 5.17. The molecule has 0 bridgehead atoms. The van der Waals surface area contributed by atoms with Gasteiger partial charge in [0.15, 0.2) is 0 Å². The van der Waals surface area contributed by atoms with Gasteiger partial charge in [-0.2, -0.15) is 0 Å². The second-order valence-corrected chi connectivity index (χ2v) is 7.75. The van der Waals surface area contributed by atoms with E-state index in [4.69, 9.17) is 23.1 Å². The van der Waals surface area contributed by atoms with Gasteiger partial charge in [-0.05, 0) is 34.1 Å². The molecule has 0 aromatic carbocycles. The number of hydrogen-bond donors (Lipinski definition) is 2.